The van der Waals surface area contributed by atoms with Gasteiger partial charge in [0.05, 0.1) is 0 Å². The highest BCUT2D eigenvalue weighted by molar-refractivity contribution is 5.79. The Labute approximate surface area is 149 Å². The molecular formula is C21H25N3O. The van der Waals surface area contributed by atoms with Crippen molar-refractivity contribution in [3.8, 4) is 0 Å². The van der Waals surface area contributed by atoms with Crippen LogP contribution < -0.4 is 0 Å². The van der Waals surface area contributed by atoms with E-state index in [1.807, 2.05) is 6.20 Å². The van der Waals surface area contributed by atoms with Gasteiger partial charge in [0.15, 0.2) is 0 Å². The molecule has 1 aliphatic carbocycles. The van der Waals surface area contributed by atoms with Crippen molar-refractivity contribution in [3.63, 3.8) is 0 Å². The van der Waals surface area contributed by atoms with Gasteiger partial charge in [0.25, 0.3) is 0 Å². The van der Waals surface area contributed by atoms with Crippen molar-refractivity contribution in [1.82, 2.24) is 14.9 Å². The van der Waals surface area contributed by atoms with Crippen LogP contribution in [0, 0.1) is 12.8 Å². The molecule has 1 amide bonds. The SMILES string of the molecule is Cc1cncnc1C1CCN(C(=O)[C@@H]2CCc3ccccc3C2)CC1. The molecule has 1 aliphatic heterocycles. The zero-order chi connectivity index (χ0) is 17.2. The summed E-state index contributed by atoms with van der Waals surface area (Å²) >= 11 is 0. The van der Waals surface area contributed by atoms with Gasteiger partial charge in [-0.3, -0.25) is 4.79 Å². The van der Waals surface area contributed by atoms with Crippen molar-refractivity contribution >= 4 is 5.91 Å². The minimum absolute atomic E-state index is 0.159. The molecule has 1 saturated heterocycles. The van der Waals surface area contributed by atoms with Crippen molar-refractivity contribution in [2.75, 3.05) is 13.1 Å². The number of hydrogen-bond acceptors (Lipinski definition) is 3. The molecule has 0 saturated carbocycles. The Hall–Kier alpha value is -2.23. The molecule has 0 unspecified atom stereocenters. The summed E-state index contributed by atoms with van der Waals surface area (Å²) in [7, 11) is 0. The Balaban J connectivity index is 1.38. The van der Waals surface area contributed by atoms with E-state index in [9.17, 15) is 4.79 Å². The van der Waals surface area contributed by atoms with Crippen LogP contribution in [0.5, 0.6) is 0 Å². The van der Waals surface area contributed by atoms with Crippen LogP contribution in [0.4, 0.5) is 0 Å². The van der Waals surface area contributed by atoms with E-state index in [4.69, 9.17) is 0 Å². The summed E-state index contributed by atoms with van der Waals surface area (Å²) in [5.74, 6) is 0.971. The molecule has 4 nitrogen and oxygen atoms in total. The summed E-state index contributed by atoms with van der Waals surface area (Å²) in [5.41, 5.74) is 5.10. The first-order valence-electron chi connectivity index (χ1n) is 9.34. The van der Waals surface area contributed by atoms with Crippen molar-refractivity contribution < 1.29 is 4.79 Å². The molecule has 1 aromatic carbocycles. The maximum Gasteiger partial charge on any atom is 0.226 e. The normalized spacial score (nSPS) is 21.0. The average molecular weight is 335 g/mol. The molecule has 4 heteroatoms. The third-order valence-electron chi connectivity index (χ3n) is 5.83. The van der Waals surface area contributed by atoms with E-state index in [2.05, 4.69) is 46.1 Å². The fraction of sp³-hybridized carbons (Fsp3) is 0.476. The second-order valence-electron chi connectivity index (χ2n) is 7.40. The standard InChI is InChI=1S/C21H25N3O/c1-15-13-22-14-23-20(15)17-8-10-24(11-9-17)21(25)19-7-6-16-4-2-3-5-18(16)12-19/h2-5,13-14,17,19H,6-12H2,1H3/t19-/m1/s1. The first kappa shape index (κ1) is 16.2. The number of carbonyl (C=O) groups excluding carboxylic acids is 1. The zero-order valence-electron chi connectivity index (χ0n) is 14.8. The Bertz CT molecular complexity index is 765. The van der Waals surface area contributed by atoms with Gasteiger partial charge in [-0.05, 0) is 55.7 Å². The van der Waals surface area contributed by atoms with Crippen LogP contribution in [-0.2, 0) is 17.6 Å². The van der Waals surface area contributed by atoms with Crippen LogP contribution in [0.15, 0.2) is 36.8 Å². The number of nitrogens with zero attached hydrogens (tertiary/aromatic N) is 3. The molecule has 0 radical (unpaired) electrons. The van der Waals surface area contributed by atoms with E-state index < -0.39 is 0 Å². The van der Waals surface area contributed by atoms with Gasteiger partial charge in [0, 0.05) is 36.8 Å². The Morgan fingerprint density at radius 3 is 2.64 bits per heavy atom. The maximum absolute atomic E-state index is 13.0. The van der Waals surface area contributed by atoms with Gasteiger partial charge < -0.3 is 4.90 Å². The van der Waals surface area contributed by atoms with Crippen LogP contribution >= 0.6 is 0 Å². The molecule has 25 heavy (non-hydrogen) atoms. The van der Waals surface area contributed by atoms with Crippen LogP contribution in [0.1, 0.15) is 47.6 Å². The Morgan fingerprint density at radius 2 is 1.88 bits per heavy atom. The molecule has 2 aromatic rings. The number of hydrogen-bond donors (Lipinski definition) is 0. The molecular weight excluding hydrogens is 310 g/mol. The number of aromatic nitrogens is 2. The van der Waals surface area contributed by atoms with Gasteiger partial charge in [-0.2, -0.15) is 0 Å². The number of amides is 1. The summed E-state index contributed by atoms with van der Waals surface area (Å²) in [6.07, 6.45) is 8.46. The highest BCUT2D eigenvalue weighted by Gasteiger charge is 2.31. The second kappa shape index (κ2) is 6.95. The number of benzene rings is 1. The van der Waals surface area contributed by atoms with Gasteiger partial charge in [0.1, 0.15) is 6.33 Å². The number of likely N-dealkylation sites (tertiary alicyclic amines) is 1. The predicted molar refractivity (Wildman–Crippen MR) is 97.3 cm³/mol. The van der Waals surface area contributed by atoms with Crippen molar-refractivity contribution in [3.05, 3.63) is 59.2 Å². The van der Waals surface area contributed by atoms with Crippen LogP contribution in [-0.4, -0.2) is 33.9 Å². The van der Waals surface area contributed by atoms with Crippen molar-refractivity contribution in [1.29, 1.82) is 0 Å². The molecule has 1 atom stereocenters. The zero-order valence-corrected chi connectivity index (χ0v) is 14.8. The summed E-state index contributed by atoms with van der Waals surface area (Å²) in [5, 5.41) is 0. The molecule has 1 aromatic heterocycles. The van der Waals surface area contributed by atoms with Crippen molar-refractivity contribution in [2.24, 2.45) is 5.92 Å². The number of aryl methyl sites for hydroxylation is 2. The van der Waals surface area contributed by atoms with E-state index >= 15 is 0 Å². The lowest BCUT2D eigenvalue weighted by molar-refractivity contribution is -0.137. The molecule has 2 heterocycles. The third kappa shape index (κ3) is 3.30. The summed E-state index contributed by atoms with van der Waals surface area (Å²) in [4.78, 5) is 23.6. The summed E-state index contributed by atoms with van der Waals surface area (Å²) < 4.78 is 0. The van der Waals surface area contributed by atoms with E-state index in [1.165, 1.54) is 11.1 Å². The third-order valence-corrected chi connectivity index (χ3v) is 5.83. The molecule has 4 rings (SSSR count). The van der Waals surface area contributed by atoms with Crippen molar-refractivity contribution in [2.45, 2.75) is 44.9 Å². The molecule has 2 aliphatic rings. The monoisotopic (exact) mass is 335 g/mol. The fourth-order valence-electron chi connectivity index (χ4n) is 4.38. The lowest BCUT2D eigenvalue weighted by atomic mass is 9.82. The maximum atomic E-state index is 13.0. The number of piperidine rings is 1. The number of carbonyl (C=O) groups is 1. The molecule has 130 valence electrons. The molecule has 1 fully saturated rings. The first-order chi connectivity index (χ1) is 12.2. The largest absolute Gasteiger partial charge is 0.342 e. The first-order valence-corrected chi connectivity index (χ1v) is 9.34. The lowest BCUT2D eigenvalue weighted by Crippen LogP contribution is -2.43. The number of rotatable bonds is 2. The van der Waals surface area contributed by atoms with Crippen LogP contribution in [0.3, 0.4) is 0 Å². The predicted octanol–water partition coefficient (Wildman–Crippen LogP) is 3.30. The minimum atomic E-state index is 0.159. The van der Waals surface area contributed by atoms with E-state index in [-0.39, 0.29) is 5.92 Å². The van der Waals surface area contributed by atoms with Crippen LogP contribution in [0.2, 0.25) is 0 Å². The molecule has 0 bridgehead atoms. The van der Waals surface area contributed by atoms with Crippen LogP contribution in [0.25, 0.3) is 0 Å². The highest BCUT2D eigenvalue weighted by Crippen LogP contribution is 2.31. The quantitative estimate of drug-likeness (QED) is 0.846. The molecule has 0 N–H and O–H groups in total. The fourth-order valence-corrected chi connectivity index (χ4v) is 4.38. The van der Waals surface area contributed by atoms with Gasteiger partial charge in [-0.15, -0.1) is 0 Å². The average Bonchev–Trinajstić information content (AvgIpc) is 2.67. The molecule has 0 spiro atoms. The highest BCUT2D eigenvalue weighted by atomic mass is 16.2. The van der Waals surface area contributed by atoms with E-state index in [1.54, 1.807) is 6.33 Å². The van der Waals surface area contributed by atoms with Gasteiger partial charge in [-0.25, -0.2) is 9.97 Å². The minimum Gasteiger partial charge on any atom is -0.342 e. The van der Waals surface area contributed by atoms with Gasteiger partial charge in [-0.1, -0.05) is 24.3 Å². The van der Waals surface area contributed by atoms with E-state index in [0.29, 0.717) is 11.8 Å². The summed E-state index contributed by atoms with van der Waals surface area (Å²) in [6, 6.07) is 8.56. The second-order valence-corrected chi connectivity index (χ2v) is 7.40. The van der Waals surface area contributed by atoms with E-state index in [0.717, 1.165) is 56.5 Å². The van der Waals surface area contributed by atoms with Gasteiger partial charge in [0.2, 0.25) is 5.91 Å². The summed E-state index contributed by atoms with van der Waals surface area (Å²) in [6.45, 7) is 3.78. The topological polar surface area (TPSA) is 46.1 Å². The Morgan fingerprint density at radius 1 is 1.12 bits per heavy atom. The number of fused-ring (bicyclic) bond motifs is 1. The smallest absolute Gasteiger partial charge is 0.226 e. The Kier molecular flexibility index (Phi) is 4.51. The van der Waals surface area contributed by atoms with Gasteiger partial charge >= 0.3 is 0 Å². The lowest BCUT2D eigenvalue weighted by Gasteiger charge is -2.35.